The number of rotatable bonds is 60. The van der Waals surface area contributed by atoms with Gasteiger partial charge in [0.15, 0.2) is 0 Å². The fraction of sp³-hybridized carbons (Fsp3) is 0.908. The number of hydrogen-bond donors (Lipinski definition) is 3. The molecule has 1 amide bonds. The second-order valence-electron chi connectivity index (χ2n) is 22.1. The molecular formula is C65H125NO5. The van der Waals surface area contributed by atoms with Crippen molar-refractivity contribution in [2.24, 2.45) is 0 Å². The average Bonchev–Trinajstić information content (AvgIpc) is 3.37. The van der Waals surface area contributed by atoms with Crippen LogP contribution in [0.4, 0.5) is 0 Å². The average molecular weight is 1000 g/mol. The molecule has 3 N–H and O–H groups in total. The number of unbranched alkanes of at least 4 members (excludes halogenated alkanes) is 47. The van der Waals surface area contributed by atoms with Gasteiger partial charge in [0, 0.05) is 12.8 Å². The minimum Gasteiger partial charge on any atom is -0.466 e. The fourth-order valence-corrected chi connectivity index (χ4v) is 10.0. The third-order valence-corrected chi connectivity index (χ3v) is 15.0. The van der Waals surface area contributed by atoms with Crippen molar-refractivity contribution >= 4 is 11.9 Å². The molecule has 0 aliphatic rings. The minimum atomic E-state index is -0.846. The van der Waals surface area contributed by atoms with Gasteiger partial charge in [0.2, 0.25) is 5.91 Å². The van der Waals surface area contributed by atoms with E-state index in [-0.39, 0.29) is 18.5 Å². The lowest BCUT2D eigenvalue weighted by Crippen LogP contribution is -2.45. The zero-order valence-electron chi connectivity index (χ0n) is 48.0. The molecule has 0 heterocycles. The van der Waals surface area contributed by atoms with Gasteiger partial charge in [0.1, 0.15) is 0 Å². The van der Waals surface area contributed by atoms with Crippen molar-refractivity contribution in [2.45, 2.75) is 366 Å². The van der Waals surface area contributed by atoms with Crippen LogP contribution in [-0.4, -0.2) is 47.4 Å². The first kappa shape index (κ1) is 69.3. The summed E-state index contributed by atoms with van der Waals surface area (Å²) in [6.07, 6.45) is 75.0. The Morgan fingerprint density at radius 3 is 1.00 bits per heavy atom. The van der Waals surface area contributed by atoms with Crippen molar-refractivity contribution in [3.8, 4) is 0 Å². The van der Waals surface area contributed by atoms with Gasteiger partial charge in [-0.05, 0) is 57.8 Å². The van der Waals surface area contributed by atoms with Crippen LogP contribution in [0.1, 0.15) is 354 Å². The van der Waals surface area contributed by atoms with Crippen molar-refractivity contribution in [2.75, 3.05) is 13.2 Å². The van der Waals surface area contributed by atoms with E-state index in [9.17, 15) is 19.8 Å². The summed E-state index contributed by atoms with van der Waals surface area (Å²) in [5.74, 6) is -0.0601. The normalized spacial score (nSPS) is 12.7. The first-order chi connectivity index (χ1) is 35.0. The number of aliphatic hydroxyl groups excluding tert-OH is 2. The third-order valence-electron chi connectivity index (χ3n) is 15.0. The summed E-state index contributed by atoms with van der Waals surface area (Å²) in [7, 11) is 0. The van der Waals surface area contributed by atoms with Gasteiger partial charge >= 0.3 is 5.97 Å². The van der Waals surface area contributed by atoms with Crippen molar-refractivity contribution in [1.29, 1.82) is 0 Å². The first-order valence-corrected chi connectivity index (χ1v) is 32.1. The third kappa shape index (κ3) is 57.5. The largest absolute Gasteiger partial charge is 0.466 e. The van der Waals surface area contributed by atoms with Gasteiger partial charge in [-0.1, -0.05) is 308 Å². The van der Waals surface area contributed by atoms with Gasteiger partial charge in [0.25, 0.3) is 0 Å². The molecule has 6 nitrogen and oxygen atoms in total. The Morgan fingerprint density at radius 2 is 0.662 bits per heavy atom. The molecule has 0 aliphatic heterocycles. The van der Waals surface area contributed by atoms with E-state index >= 15 is 0 Å². The number of aliphatic hydroxyl groups is 2. The van der Waals surface area contributed by atoms with Crippen LogP contribution in [0.3, 0.4) is 0 Å². The smallest absolute Gasteiger partial charge is 0.305 e. The Morgan fingerprint density at radius 1 is 0.380 bits per heavy atom. The van der Waals surface area contributed by atoms with Crippen molar-refractivity contribution < 1.29 is 24.5 Å². The molecule has 0 aromatic heterocycles. The van der Waals surface area contributed by atoms with Gasteiger partial charge in [-0.3, -0.25) is 9.59 Å². The van der Waals surface area contributed by atoms with Crippen LogP contribution in [0.15, 0.2) is 24.3 Å². The van der Waals surface area contributed by atoms with Crippen molar-refractivity contribution in [3.05, 3.63) is 24.3 Å². The SMILES string of the molecule is CCCCCCCC/C=C\CCCCCCCCCCCC(=O)OCCCCCCCCCCCCCCCCCCCCCC(=O)NC(CO)C(O)/C=C/CCCCCCCCCCCCCCCC. The molecule has 6 heteroatoms. The van der Waals surface area contributed by atoms with Crippen molar-refractivity contribution in [1.82, 2.24) is 5.32 Å². The molecule has 0 radical (unpaired) electrons. The topological polar surface area (TPSA) is 95.9 Å². The molecule has 0 spiro atoms. The monoisotopic (exact) mass is 1000 g/mol. The Kier molecular flexibility index (Phi) is 59.5. The highest BCUT2D eigenvalue weighted by Gasteiger charge is 2.18. The highest BCUT2D eigenvalue weighted by molar-refractivity contribution is 5.76. The second-order valence-corrected chi connectivity index (χ2v) is 22.1. The highest BCUT2D eigenvalue weighted by Crippen LogP contribution is 2.18. The summed E-state index contributed by atoms with van der Waals surface area (Å²) < 4.78 is 5.50. The summed E-state index contributed by atoms with van der Waals surface area (Å²) in [5.41, 5.74) is 0. The van der Waals surface area contributed by atoms with E-state index in [1.807, 2.05) is 6.08 Å². The number of carbonyl (C=O) groups excluding carboxylic acids is 2. The van der Waals surface area contributed by atoms with E-state index in [0.717, 1.165) is 44.9 Å². The van der Waals surface area contributed by atoms with Crippen LogP contribution in [-0.2, 0) is 14.3 Å². The van der Waals surface area contributed by atoms with E-state index in [1.54, 1.807) is 6.08 Å². The molecule has 0 saturated heterocycles. The molecule has 71 heavy (non-hydrogen) atoms. The predicted molar refractivity (Wildman–Crippen MR) is 310 cm³/mol. The van der Waals surface area contributed by atoms with Gasteiger partial charge in [-0.2, -0.15) is 0 Å². The predicted octanol–water partition coefficient (Wildman–Crippen LogP) is 20.2. The Hall–Kier alpha value is -1.66. The Bertz CT molecular complexity index is 1110. The number of amides is 1. The minimum absolute atomic E-state index is 0.00845. The molecule has 0 aliphatic carbocycles. The molecule has 0 saturated carbocycles. The second kappa shape index (κ2) is 60.9. The molecule has 0 aromatic carbocycles. The molecule has 0 fully saturated rings. The van der Waals surface area contributed by atoms with Crippen molar-refractivity contribution in [3.63, 3.8) is 0 Å². The molecule has 2 unspecified atom stereocenters. The Labute approximate surface area is 443 Å². The van der Waals surface area contributed by atoms with E-state index in [0.29, 0.717) is 19.4 Å². The van der Waals surface area contributed by atoms with Crippen LogP contribution < -0.4 is 5.32 Å². The number of hydrogen-bond acceptors (Lipinski definition) is 5. The number of allylic oxidation sites excluding steroid dienone is 3. The lowest BCUT2D eigenvalue weighted by molar-refractivity contribution is -0.143. The number of nitrogens with one attached hydrogen (secondary N) is 1. The van der Waals surface area contributed by atoms with Gasteiger partial charge < -0.3 is 20.3 Å². The summed E-state index contributed by atoms with van der Waals surface area (Å²) in [6.45, 7) is 4.92. The molecule has 0 bridgehead atoms. The zero-order valence-corrected chi connectivity index (χ0v) is 48.0. The standard InChI is InChI=1S/C65H125NO5/c1-3-5-7-9-11-13-15-17-19-21-23-27-31-35-39-43-47-51-55-59-65(70)71-60-56-52-48-44-40-36-32-28-25-22-24-26-30-34-38-42-46-50-54-58-64(69)66-62(61-67)63(68)57-53-49-45-41-37-33-29-20-18-16-14-12-10-8-6-4-2/h17,19,53,57,62-63,67-68H,3-16,18,20-52,54-56,58-61H2,1-2H3,(H,66,69)/b19-17-,57-53+. The van der Waals surface area contributed by atoms with Gasteiger partial charge in [0.05, 0.1) is 25.4 Å². The molecule has 0 rings (SSSR count). The van der Waals surface area contributed by atoms with Crippen LogP contribution in [0.25, 0.3) is 0 Å². The van der Waals surface area contributed by atoms with Crippen LogP contribution in [0, 0.1) is 0 Å². The van der Waals surface area contributed by atoms with Crippen LogP contribution >= 0.6 is 0 Å². The summed E-state index contributed by atoms with van der Waals surface area (Å²) in [4.78, 5) is 24.6. The van der Waals surface area contributed by atoms with E-state index in [4.69, 9.17) is 4.74 Å². The first-order valence-electron chi connectivity index (χ1n) is 32.1. The maximum atomic E-state index is 12.5. The lowest BCUT2D eigenvalue weighted by atomic mass is 10.0. The molecule has 0 aromatic rings. The zero-order chi connectivity index (χ0) is 51.4. The fourth-order valence-electron chi connectivity index (χ4n) is 10.0. The van der Waals surface area contributed by atoms with E-state index < -0.39 is 12.1 Å². The van der Waals surface area contributed by atoms with Crippen LogP contribution in [0.5, 0.6) is 0 Å². The summed E-state index contributed by atoms with van der Waals surface area (Å²) >= 11 is 0. The summed E-state index contributed by atoms with van der Waals surface area (Å²) in [6, 6.07) is -0.630. The number of carbonyl (C=O) groups is 2. The highest BCUT2D eigenvalue weighted by atomic mass is 16.5. The van der Waals surface area contributed by atoms with E-state index in [1.165, 1.54) is 283 Å². The molecule has 420 valence electrons. The van der Waals surface area contributed by atoms with Gasteiger partial charge in [-0.25, -0.2) is 0 Å². The lowest BCUT2D eigenvalue weighted by Gasteiger charge is -2.20. The number of ether oxygens (including phenoxy) is 1. The maximum absolute atomic E-state index is 12.5. The number of esters is 1. The Balaban J connectivity index is 3.40. The molecule has 2 atom stereocenters. The quantitative estimate of drug-likeness (QED) is 0.0320. The van der Waals surface area contributed by atoms with E-state index in [2.05, 4.69) is 31.3 Å². The maximum Gasteiger partial charge on any atom is 0.305 e. The molecular weight excluding hydrogens is 875 g/mol. The summed E-state index contributed by atoms with van der Waals surface area (Å²) in [5, 5.41) is 23.2. The van der Waals surface area contributed by atoms with Crippen LogP contribution in [0.2, 0.25) is 0 Å². The van der Waals surface area contributed by atoms with Gasteiger partial charge in [-0.15, -0.1) is 0 Å².